The fourth-order valence-electron chi connectivity index (χ4n) is 2.19. The minimum Gasteiger partial charge on any atom is -0.494 e. The Morgan fingerprint density at radius 1 is 0.950 bits per heavy atom. The molecule has 0 aliphatic carbocycles. The number of ketones is 1. The van der Waals surface area contributed by atoms with Crippen LogP contribution in [0.2, 0.25) is 0 Å². The van der Waals surface area contributed by atoms with Crippen molar-refractivity contribution in [3.8, 4) is 5.75 Å². The Kier molecular flexibility index (Phi) is 4.57. The van der Waals surface area contributed by atoms with Crippen molar-refractivity contribution in [2.45, 2.75) is 27.2 Å². The standard InChI is InChI=1S/C18H20O2/c1-4-9-20-17-7-5-15(6-8-17)18(19)16-11-13(2)10-14(3)12-16/h5-8,10-12H,4,9H2,1-3H3. The lowest BCUT2D eigenvalue weighted by atomic mass is 9.99. The quantitative estimate of drug-likeness (QED) is 0.755. The van der Waals surface area contributed by atoms with Crippen LogP contribution in [0.1, 0.15) is 40.4 Å². The van der Waals surface area contributed by atoms with Crippen molar-refractivity contribution in [1.29, 1.82) is 0 Å². The second-order valence-electron chi connectivity index (χ2n) is 5.08. The fourth-order valence-corrected chi connectivity index (χ4v) is 2.19. The highest BCUT2D eigenvalue weighted by molar-refractivity contribution is 6.09. The van der Waals surface area contributed by atoms with Gasteiger partial charge in [-0.05, 0) is 56.7 Å². The molecule has 0 aromatic heterocycles. The molecule has 2 aromatic carbocycles. The smallest absolute Gasteiger partial charge is 0.193 e. The Balaban J connectivity index is 2.20. The van der Waals surface area contributed by atoms with E-state index in [4.69, 9.17) is 4.74 Å². The number of benzene rings is 2. The molecule has 0 atom stereocenters. The molecule has 0 N–H and O–H groups in total. The van der Waals surface area contributed by atoms with Crippen molar-refractivity contribution in [2.24, 2.45) is 0 Å². The van der Waals surface area contributed by atoms with Crippen molar-refractivity contribution in [1.82, 2.24) is 0 Å². The van der Waals surface area contributed by atoms with Gasteiger partial charge in [0.1, 0.15) is 5.75 Å². The minimum absolute atomic E-state index is 0.0545. The molecule has 2 rings (SSSR count). The van der Waals surface area contributed by atoms with Gasteiger partial charge in [-0.3, -0.25) is 4.79 Å². The van der Waals surface area contributed by atoms with Crippen LogP contribution < -0.4 is 4.74 Å². The van der Waals surface area contributed by atoms with Gasteiger partial charge in [0.15, 0.2) is 5.78 Å². The van der Waals surface area contributed by atoms with Gasteiger partial charge in [-0.15, -0.1) is 0 Å². The van der Waals surface area contributed by atoms with Gasteiger partial charge in [0.25, 0.3) is 0 Å². The first-order valence-corrected chi connectivity index (χ1v) is 6.96. The summed E-state index contributed by atoms with van der Waals surface area (Å²) in [6, 6.07) is 13.3. The highest BCUT2D eigenvalue weighted by atomic mass is 16.5. The van der Waals surface area contributed by atoms with Crippen LogP contribution in [0.4, 0.5) is 0 Å². The molecule has 0 radical (unpaired) electrons. The molecule has 0 amide bonds. The number of hydrogen-bond acceptors (Lipinski definition) is 2. The van der Waals surface area contributed by atoms with Crippen LogP contribution in [0.3, 0.4) is 0 Å². The molecular weight excluding hydrogens is 248 g/mol. The summed E-state index contributed by atoms with van der Waals surface area (Å²) in [6.45, 7) is 6.78. The molecule has 0 bridgehead atoms. The molecule has 0 aliphatic heterocycles. The first-order valence-electron chi connectivity index (χ1n) is 6.96. The maximum atomic E-state index is 12.4. The molecule has 0 saturated carbocycles. The Morgan fingerprint density at radius 2 is 1.55 bits per heavy atom. The van der Waals surface area contributed by atoms with Gasteiger partial charge in [0.05, 0.1) is 6.61 Å². The molecular formula is C18H20O2. The van der Waals surface area contributed by atoms with E-state index in [2.05, 4.69) is 13.0 Å². The van der Waals surface area contributed by atoms with E-state index >= 15 is 0 Å². The van der Waals surface area contributed by atoms with Crippen LogP contribution in [-0.2, 0) is 0 Å². The zero-order chi connectivity index (χ0) is 14.5. The average molecular weight is 268 g/mol. The van der Waals surface area contributed by atoms with Gasteiger partial charge < -0.3 is 4.74 Å². The zero-order valence-corrected chi connectivity index (χ0v) is 12.3. The van der Waals surface area contributed by atoms with Gasteiger partial charge in [-0.1, -0.05) is 24.1 Å². The number of rotatable bonds is 5. The maximum Gasteiger partial charge on any atom is 0.193 e. The van der Waals surface area contributed by atoms with Gasteiger partial charge in [-0.25, -0.2) is 0 Å². The summed E-state index contributed by atoms with van der Waals surface area (Å²) in [6.07, 6.45) is 0.975. The van der Waals surface area contributed by atoms with Crippen LogP contribution in [0, 0.1) is 13.8 Å². The molecule has 20 heavy (non-hydrogen) atoms. The number of hydrogen-bond donors (Lipinski definition) is 0. The van der Waals surface area contributed by atoms with Crippen molar-refractivity contribution >= 4 is 5.78 Å². The summed E-state index contributed by atoms with van der Waals surface area (Å²) >= 11 is 0. The zero-order valence-electron chi connectivity index (χ0n) is 12.3. The Labute approximate surface area is 120 Å². The number of aryl methyl sites for hydroxylation is 2. The van der Waals surface area contributed by atoms with Crippen LogP contribution in [0.15, 0.2) is 42.5 Å². The predicted octanol–water partition coefficient (Wildman–Crippen LogP) is 4.32. The van der Waals surface area contributed by atoms with Gasteiger partial charge in [0, 0.05) is 11.1 Å². The highest BCUT2D eigenvalue weighted by Gasteiger charge is 2.10. The van der Waals surface area contributed by atoms with E-state index in [1.165, 1.54) is 0 Å². The average Bonchev–Trinajstić information content (AvgIpc) is 2.44. The molecule has 0 heterocycles. The summed E-state index contributed by atoms with van der Waals surface area (Å²) in [5, 5.41) is 0. The minimum atomic E-state index is 0.0545. The van der Waals surface area contributed by atoms with Gasteiger partial charge >= 0.3 is 0 Å². The molecule has 2 nitrogen and oxygen atoms in total. The summed E-state index contributed by atoms with van der Waals surface area (Å²) in [5.74, 6) is 0.864. The fraction of sp³-hybridized carbons (Fsp3) is 0.278. The molecule has 0 spiro atoms. The lowest BCUT2D eigenvalue weighted by Gasteiger charge is -2.07. The molecule has 0 unspecified atom stereocenters. The third-order valence-electron chi connectivity index (χ3n) is 3.07. The third kappa shape index (κ3) is 3.47. The van der Waals surface area contributed by atoms with Crippen LogP contribution >= 0.6 is 0 Å². The van der Waals surface area contributed by atoms with Crippen molar-refractivity contribution in [3.05, 3.63) is 64.7 Å². The van der Waals surface area contributed by atoms with E-state index in [1.54, 1.807) is 0 Å². The second-order valence-corrected chi connectivity index (χ2v) is 5.08. The molecule has 2 aromatic rings. The molecule has 0 aliphatic rings. The van der Waals surface area contributed by atoms with E-state index in [9.17, 15) is 4.79 Å². The van der Waals surface area contributed by atoms with Gasteiger partial charge in [-0.2, -0.15) is 0 Å². The summed E-state index contributed by atoms with van der Waals surface area (Å²) in [5.41, 5.74) is 3.65. The Hall–Kier alpha value is -2.09. The Bertz CT molecular complexity index is 577. The van der Waals surface area contributed by atoms with Crippen molar-refractivity contribution < 1.29 is 9.53 Å². The first kappa shape index (κ1) is 14.3. The predicted molar refractivity (Wildman–Crippen MR) is 81.6 cm³/mol. The SMILES string of the molecule is CCCOc1ccc(C(=O)c2cc(C)cc(C)c2)cc1. The van der Waals surface area contributed by atoms with Crippen molar-refractivity contribution in [2.75, 3.05) is 6.61 Å². The number of carbonyl (C=O) groups is 1. The van der Waals surface area contributed by atoms with E-state index in [0.717, 1.165) is 28.9 Å². The van der Waals surface area contributed by atoms with Crippen LogP contribution in [0.25, 0.3) is 0 Å². The van der Waals surface area contributed by atoms with E-state index < -0.39 is 0 Å². The largest absolute Gasteiger partial charge is 0.494 e. The van der Waals surface area contributed by atoms with E-state index in [0.29, 0.717) is 12.2 Å². The number of ether oxygens (including phenoxy) is 1. The monoisotopic (exact) mass is 268 g/mol. The third-order valence-corrected chi connectivity index (χ3v) is 3.07. The molecule has 0 fully saturated rings. The summed E-state index contributed by atoms with van der Waals surface area (Å²) < 4.78 is 5.52. The normalized spacial score (nSPS) is 10.3. The lowest BCUT2D eigenvalue weighted by molar-refractivity contribution is 0.103. The van der Waals surface area contributed by atoms with E-state index in [-0.39, 0.29) is 5.78 Å². The molecule has 2 heteroatoms. The Morgan fingerprint density at radius 3 is 2.10 bits per heavy atom. The molecule has 0 saturated heterocycles. The second kappa shape index (κ2) is 6.38. The molecule has 104 valence electrons. The number of carbonyl (C=O) groups excluding carboxylic acids is 1. The van der Waals surface area contributed by atoms with E-state index in [1.807, 2.05) is 50.2 Å². The van der Waals surface area contributed by atoms with Gasteiger partial charge in [0.2, 0.25) is 0 Å². The lowest BCUT2D eigenvalue weighted by Crippen LogP contribution is -2.02. The van der Waals surface area contributed by atoms with Crippen molar-refractivity contribution in [3.63, 3.8) is 0 Å². The topological polar surface area (TPSA) is 26.3 Å². The summed E-state index contributed by atoms with van der Waals surface area (Å²) in [7, 11) is 0. The highest BCUT2D eigenvalue weighted by Crippen LogP contribution is 2.17. The van der Waals surface area contributed by atoms with Crippen LogP contribution in [0.5, 0.6) is 5.75 Å². The van der Waals surface area contributed by atoms with Crippen LogP contribution in [-0.4, -0.2) is 12.4 Å². The summed E-state index contributed by atoms with van der Waals surface area (Å²) in [4.78, 5) is 12.4. The maximum absolute atomic E-state index is 12.4. The first-order chi connectivity index (χ1) is 9.60.